The van der Waals surface area contributed by atoms with Gasteiger partial charge in [-0.2, -0.15) is 0 Å². The van der Waals surface area contributed by atoms with Crippen LogP contribution in [0.5, 0.6) is 0 Å². The first-order valence-corrected chi connectivity index (χ1v) is 5.61. The molecule has 0 aliphatic rings. The van der Waals surface area contributed by atoms with Crippen molar-refractivity contribution in [3.63, 3.8) is 0 Å². The molecular formula is C9H13N3O3S. The summed E-state index contributed by atoms with van der Waals surface area (Å²) in [6, 6.07) is -0.781. The van der Waals surface area contributed by atoms with Crippen LogP contribution in [0.25, 0.3) is 0 Å². The van der Waals surface area contributed by atoms with E-state index >= 15 is 0 Å². The zero-order valence-corrected chi connectivity index (χ0v) is 9.37. The van der Waals surface area contributed by atoms with E-state index < -0.39 is 12.0 Å². The third kappa shape index (κ3) is 4.37. The van der Waals surface area contributed by atoms with Gasteiger partial charge in [0, 0.05) is 18.0 Å². The molecule has 1 atom stereocenters. The number of nitrogens with two attached hydrogens (primary N) is 1. The van der Waals surface area contributed by atoms with E-state index in [1.165, 1.54) is 11.3 Å². The molecule has 1 aromatic heterocycles. The Morgan fingerprint density at radius 3 is 2.94 bits per heavy atom. The van der Waals surface area contributed by atoms with Crippen molar-refractivity contribution in [1.29, 1.82) is 0 Å². The average molecular weight is 243 g/mol. The molecular weight excluding hydrogens is 230 g/mol. The Labute approximate surface area is 96.5 Å². The standard InChI is InChI=1S/C9H13N3O3S/c10-6(1-2-8(13)14)9(15)12-5-7-11-3-4-16-7/h3-4,6H,1-2,5,10H2,(H,12,15)(H,13,14). The summed E-state index contributed by atoms with van der Waals surface area (Å²) in [5, 5.41) is 13.6. The Hall–Kier alpha value is -1.47. The molecule has 0 saturated carbocycles. The largest absolute Gasteiger partial charge is 0.481 e. The smallest absolute Gasteiger partial charge is 0.303 e. The molecule has 0 aliphatic heterocycles. The van der Waals surface area contributed by atoms with Gasteiger partial charge in [0.1, 0.15) is 5.01 Å². The van der Waals surface area contributed by atoms with E-state index in [4.69, 9.17) is 10.8 Å². The summed E-state index contributed by atoms with van der Waals surface area (Å²) < 4.78 is 0. The van der Waals surface area contributed by atoms with Crippen molar-refractivity contribution in [1.82, 2.24) is 10.3 Å². The Morgan fingerprint density at radius 2 is 2.38 bits per heavy atom. The Kier molecular flexibility index (Phi) is 4.87. The van der Waals surface area contributed by atoms with E-state index in [1.807, 2.05) is 5.38 Å². The lowest BCUT2D eigenvalue weighted by Crippen LogP contribution is -2.40. The number of carbonyl (C=O) groups excluding carboxylic acids is 1. The summed E-state index contributed by atoms with van der Waals surface area (Å²) >= 11 is 1.43. The summed E-state index contributed by atoms with van der Waals surface area (Å²) in [7, 11) is 0. The maximum absolute atomic E-state index is 11.4. The number of hydrogen-bond acceptors (Lipinski definition) is 5. The molecule has 16 heavy (non-hydrogen) atoms. The van der Waals surface area contributed by atoms with Crippen molar-refractivity contribution in [2.24, 2.45) is 5.73 Å². The molecule has 0 aromatic carbocycles. The summed E-state index contributed by atoms with van der Waals surface area (Å²) in [6.07, 6.45) is 1.68. The third-order valence-electron chi connectivity index (χ3n) is 1.90. The summed E-state index contributed by atoms with van der Waals surface area (Å²) in [5.74, 6) is -1.31. The third-order valence-corrected chi connectivity index (χ3v) is 2.68. The van der Waals surface area contributed by atoms with E-state index in [0.717, 1.165) is 5.01 Å². The zero-order valence-electron chi connectivity index (χ0n) is 8.55. The molecule has 0 bridgehead atoms. The molecule has 0 radical (unpaired) electrons. The van der Waals surface area contributed by atoms with Gasteiger partial charge in [-0.05, 0) is 6.42 Å². The lowest BCUT2D eigenvalue weighted by Gasteiger charge is -2.09. The van der Waals surface area contributed by atoms with Gasteiger partial charge in [-0.3, -0.25) is 9.59 Å². The first kappa shape index (κ1) is 12.6. The Bertz CT molecular complexity index is 353. The van der Waals surface area contributed by atoms with Crippen LogP contribution in [0, 0.1) is 0 Å². The SMILES string of the molecule is NC(CCC(=O)O)C(=O)NCc1nccs1. The van der Waals surface area contributed by atoms with Crippen LogP contribution in [-0.4, -0.2) is 28.0 Å². The number of nitrogens with one attached hydrogen (secondary N) is 1. The van der Waals surface area contributed by atoms with E-state index in [-0.39, 0.29) is 18.7 Å². The van der Waals surface area contributed by atoms with Crippen molar-refractivity contribution in [3.8, 4) is 0 Å². The summed E-state index contributed by atoms with van der Waals surface area (Å²) in [5.41, 5.74) is 5.51. The van der Waals surface area contributed by atoms with Gasteiger partial charge in [-0.1, -0.05) is 0 Å². The fraction of sp³-hybridized carbons (Fsp3) is 0.444. The number of aromatic nitrogens is 1. The molecule has 1 heterocycles. The number of nitrogens with zero attached hydrogens (tertiary/aromatic N) is 1. The second kappa shape index (κ2) is 6.19. The molecule has 7 heteroatoms. The maximum atomic E-state index is 11.4. The van der Waals surface area contributed by atoms with E-state index in [2.05, 4.69) is 10.3 Å². The van der Waals surface area contributed by atoms with Crippen LogP contribution in [0.4, 0.5) is 0 Å². The molecule has 1 unspecified atom stereocenters. The van der Waals surface area contributed by atoms with Gasteiger partial charge in [0.2, 0.25) is 5.91 Å². The summed E-state index contributed by atoms with van der Waals surface area (Å²) in [4.78, 5) is 25.7. The summed E-state index contributed by atoms with van der Waals surface area (Å²) in [6.45, 7) is 0.331. The molecule has 88 valence electrons. The highest BCUT2D eigenvalue weighted by Gasteiger charge is 2.14. The topological polar surface area (TPSA) is 105 Å². The van der Waals surface area contributed by atoms with Crippen LogP contribution in [0.3, 0.4) is 0 Å². The zero-order chi connectivity index (χ0) is 12.0. The van der Waals surface area contributed by atoms with Crippen molar-refractivity contribution in [2.45, 2.75) is 25.4 Å². The number of hydrogen-bond donors (Lipinski definition) is 3. The number of carboxylic acids is 1. The monoisotopic (exact) mass is 243 g/mol. The molecule has 0 fully saturated rings. The molecule has 1 aromatic rings. The lowest BCUT2D eigenvalue weighted by molar-refractivity contribution is -0.137. The van der Waals surface area contributed by atoms with Gasteiger partial charge in [-0.25, -0.2) is 4.98 Å². The van der Waals surface area contributed by atoms with E-state index in [1.54, 1.807) is 6.20 Å². The van der Waals surface area contributed by atoms with Crippen LogP contribution in [0.15, 0.2) is 11.6 Å². The molecule has 4 N–H and O–H groups in total. The molecule has 1 rings (SSSR count). The molecule has 1 amide bonds. The van der Waals surface area contributed by atoms with Gasteiger partial charge in [0.05, 0.1) is 12.6 Å². The molecule has 6 nitrogen and oxygen atoms in total. The highest BCUT2D eigenvalue weighted by atomic mass is 32.1. The highest BCUT2D eigenvalue weighted by molar-refractivity contribution is 7.09. The lowest BCUT2D eigenvalue weighted by atomic mass is 10.1. The molecule has 0 saturated heterocycles. The normalized spacial score (nSPS) is 12.1. The second-order valence-corrected chi connectivity index (χ2v) is 4.16. The maximum Gasteiger partial charge on any atom is 0.303 e. The van der Waals surface area contributed by atoms with Gasteiger partial charge >= 0.3 is 5.97 Å². The number of aliphatic carboxylic acids is 1. The minimum atomic E-state index is -0.955. The van der Waals surface area contributed by atoms with Crippen LogP contribution < -0.4 is 11.1 Å². The fourth-order valence-corrected chi connectivity index (χ4v) is 1.60. The van der Waals surface area contributed by atoms with Crippen molar-refractivity contribution in [3.05, 3.63) is 16.6 Å². The predicted octanol–water partition coefficient (Wildman–Crippen LogP) is -0.0486. The first-order chi connectivity index (χ1) is 7.59. The molecule has 0 aliphatic carbocycles. The Balaban J connectivity index is 2.26. The minimum absolute atomic E-state index is 0.105. The van der Waals surface area contributed by atoms with Crippen molar-refractivity contribution in [2.75, 3.05) is 0 Å². The quantitative estimate of drug-likeness (QED) is 0.649. The van der Waals surface area contributed by atoms with Crippen LogP contribution in [0.1, 0.15) is 17.8 Å². The average Bonchev–Trinajstić information content (AvgIpc) is 2.75. The first-order valence-electron chi connectivity index (χ1n) is 4.73. The second-order valence-electron chi connectivity index (χ2n) is 3.18. The predicted molar refractivity (Wildman–Crippen MR) is 58.8 cm³/mol. The number of thiazole rings is 1. The van der Waals surface area contributed by atoms with E-state index in [0.29, 0.717) is 6.54 Å². The van der Waals surface area contributed by atoms with Crippen molar-refractivity contribution >= 4 is 23.2 Å². The van der Waals surface area contributed by atoms with Crippen LogP contribution >= 0.6 is 11.3 Å². The fourth-order valence-electron chi connectivity index (χ4n) is 1.04. The molecule has 0 spiro atoms. The number of amides is 1. The Morgan fingerprint density at radius 1 is 1.62 bits per heavy atom. The van der Waals surface area contributed by atoms with Gasteiger partial charge in [0.25, 0.3) is 0 Å². The van der Waals surface area contributed by atoms with Crippen LogP contribution in [-0.2, 0) is 16.1 Å². The van der Waals surface area contributed by atoms with Crippen molar-refractivity contribution < 1.29 is 14.7 Å². The highest BCUT2D eigenvalue weighted by Crippen LogP contribution is 2.03. The number of carbonyl (C=O) groups is 2. The van der Waals surface area contributed by atoms with E-state index in [9.17, 15) is 9.59 Å². The number of rotatable bonds is 6. The number of carboxylic acid groups (broad SMARTS) is 1. The minimum Gasteiger partial charge on any atom is -0.481 e. The van der Waals surface area contributed by atoms with Gasteiger partial charge < -0.3 is 16.2 Å². The van der Waals surface area contributed by atoms with Gasteiger partial charge in [-0.15, -0.1) is 11.3 Å². The van der Waals surface area contributed by atoms with Gasteiger partial charge in [0.15, 0.2) is 0 Å². The van der Waals surface area contributed by atoms with Crippen LogP contribution in [0.2, 0.25) is 0 Å².